The lowest BCUT2D eigenvalue weighted by Crippen LogP contribution is -2.07. The predicted molar refractivity (Wildman–Crippen MR) is 143 cm³/mol. The molecule has 0 spiro atoms. The summed E-state index contributed by atoms with van der Waals surface area (Å²) < 4.78 is 20.7. The summed E-state index contributed by atoms with van der Waals surface area (Å²) in [5.74, 6) is 2.52. The maximum atomic E-state index is 9.05. The zero-order valence-electron chi connectivity index (χ0n) is 18.9. The molecule has 1 aliphatic heterocycles. The van der Waals surface area contributed by atoms with E-state index in [2.05, 4.69) is 24.3 Å². The minimum Gasteiger partial charge on any atom is -0.492 e. The van der Waals surface area contributed by atoms with E-state index in [0.717, 1.165) is 70.2 Å². The van der Waals surface area contributed by atoms with Crippen molar-refractivity contribution in [2.45, 2.75) is 26.7 Å². The van der Waals surface area contributed by atoms with Crippen molar-refractivity contribution in [3.05, 3.63) is 50.7 Å². The largest absolute Gasteiger partial charge is 0.492 e. The second-order valence-corrected chi connectivity index (χ2v) is 11.6. The Labute approximate surface area is 213 Å². The topological polar surface area (TPSA) is 83.1 Å². The first kappa shape index (κ1) is 21.9. The fourth-order valence-electron chi connectivity index (χ4n) is 4.18. The Morgan fingerprint density at radius 1 is 0.829 bits per heavy atom. The Hall–Kier alpha value is -3.56. The fraction of sp³-hybridized carbons (Fsp3) is 0.185. The van der Waals surface area contributed by atoms with Gasteiger partial charge in [0.05, 0.1) is 33.0 Å². The highest BCUT2D eigenvalue weighted by molar-refractivity contribution is 7.21. The van der Waals surface area contributed by atoms with E-state index in [1.165, 1.54) is 5.56 Å². The molecule has 0 N–H and O–H groups in total. The minimum absolute atomic E-state index is 0.668. The van der Waals surface area contributed by atoms with Crippen LogP contribution < -0.4 is 4.74 Å². The van der Waals surface area contributed by atoms with Gasteiger partial charge >= 0.3 is 0 Å². The van der Waals surface area contributed by atoms with E-state index in [-0.39, 0.29) is 0 Å². The Morgan fingerprint density at radius 3 is 1.94 bits per heavy atom. The quantitative estimate of drug-likeness (QED) is 0.224. The van der Waals surface area contributed by atoms with Crippen LogP contribution in [0.4, 0.5) is 0 Å². The summed E-state index contributed by atoms with van der Waals surface area (Å²) in [6, 6.07) is 12.4. The first-order valence-corrected chi connectivity index (χ1v) is 13.5. The molecule has 0 aliphatic carbocycles. The summed E-state index contributed by atoms with van der Waals surface area (Å²) in [6.45, 7) is 4.29. The maximum absolute atomic E-state index is 9.05. The van der Waals surface area contributed by atoms with Crippen molar-refractivity contribution >= 4 is 66.7 Å². The van der Waals surface area contributed by atoms with Crippen LogP contribution in [0.5, 0.6) is 5.75 Å². The van der Waals surface area contributed by atoms with Crippen molar-refractivity contribution in [2.24, 2.45) is 0 Å². The van der Waals surface area contributed by atoms with Crippen LogP contribution in [0.25, 0.3) is 54.0 Å². The van der Waals surface area contributed by atoms with Gasteiger partial charge in [-0.2, -0.15) is 10.5 Å². The summed E-state index contributed by atoms with van der Waals surface area (Å²) in [7, 11) is 0. The highest BCUT2D eigenvalue weighted by Crippen LogP contribution is 2.51. The molecule has 6 rings (SSSR count). The molecule has 5 aromatic rings. The molecule has 0 radical (unpaired) electrons. The number of furan rings is 2. The molecule has 0 amide bonds. The number of ether oxygens (including phenoxy) is 1. The molecular weight excluding hydrogens is 497 g/mol. The van der Waals surface area contributed by atoms with E-state index in [0.29, 0.717) is 17.8 Å². The average molecular weight is 515 g/mol. The minimum atomic E-state index is 0.668. The van der Waals surface area contributed by atoms with Gasteiger partial charge in [0.1, 0.15) is 33.3 Å². The molecule has 35 heavy (non-hydrogen) atoms. The molecule has 6 heterocycles. The third-order valence-corrected chi connectivity index (χ3v) is 9.01. The molecule has 0 saturated carbocycles. The molecule has 8 heteroatoms. The number of thiophene rings is 3. The van der Waals surface area contributed by atoms with Gasteiger partial charge in [0.2, 0.25) is 0 Å². The highest BCUT2D eigenvalue weighted by atomic mass is 32.1. The Kier molecular flexibility index (Phi) is 5.38. The van der Waals surface area contributed by atoms with Crippen molar-refractivity contribution in [3.8, 4) is 39.2 Å². The van der Waals surface area contributed by atoms with Crippen LogP contribution in [-0.2, 0) is 6.42 Å². The van der Waals surface area contributed by atoms with E-state index in [1.54, 1.807) is 47.9 Å². The van der Waals surface area contributed by atoms with Crippen molar-refractivity contribution in [1.29, 1.82) is 10.5 Å². The smallest absolute Gasteiger partial charge is 0.150 e. The predicted octanol–water partition coefficient (Wildman–Crippen LogP) is 8.88. The van der Waals surface area contributed by atoms with Crippen molar-refractivity contribution in [1.82, 2.24) is 0 Å². The first-order valence-electron chi connectivity index (χ1n) is 11.0. The van der Waals surface area contributed by atoms with Crippen LogP contribution in [-0.4, -0.2) is 6.61 Å². The molecule has 1 aliphatic rings. The second-order valence-electron chi connectivity index (χ2n) is 8.37. The molecule has 0 fully saturated rings. The average Bonchev–Trinajstić information content (AvgIpc) is 3.63. The molecule has 0 aromatic carbocycles. The summed E-state index contributed by atoms with van der Waals surface area (Å²) in [5.41, 5.74) is 4.15. The maximum Gasteiger partial charge on any atom is 0.150 e. The fourth-order valence-corrected chi connectivity index (χ4v) is 7.43. The number of hydrogen-bond acceptors (Lipinski definition) is 8. The van der Waals surface area contributed by atoms with Crippen LogP contribution in [0.1, 0.15) is 35.6 Å². The third-order valence-electron chi connectivity index (χ3n) is 5.75. The van der Waals surface area contributed by atoms with Gasteiger partial charge in [-0.25, -0.2) is 0 Å². The summed E-state index contributed by atoms with van der Waals surface area (Å²) in [6.07, 6.45) is 5.65. The van der Waals surface area contributed by atoms with Crippen LogP contribution in [0.2, 0.25) is 0 Å². The molecule has 172 valence electrons. The second kappa shape index (κ2) is 8.58. The van der Waals surface area contributed by atoms with Crippen molar-refractivity contribution in [2.75, 3.05) is 6.61 Å². The van der Waals surface area contributed by atoms with Crippen molar-refractivity contribution in [3.63, 3.8) is 0 Å². The normalized spacial score (nSPS) is 14.2. The van der Waals surface area contributed by atoms with Crippen molar-refractivity contribution < 1.29 is 13.6 Å². The van der Waals surface area contributed by atoms with Gasteiger partial charge in [-0.3, -0.25) is 0 Å². The van der Waals surface area contributed by atoms with E-state index < -0.39 is 0 Å². The van der Waals surface area contributed by atoms with Crippen LogP contribution >= 0.6 is 34.0 Å². The van der Waals surface area contributed by atoms with E-state index in [9.17, 15) is 0 Å². The van der Waals surface area contributed by atoms with Gasteiger partial charge in [-0.05, 0) is 51.0 Å². The van der Waals surface area contributed by atoms with Gasteiger partial charge < -0.3 is 13.6 Å². The summed E-state index contributed by atoms with van der Waals surface area (Å²) >= 11 is 4.87. The summed E-state index contributed by atoms with van der Waals surface area (Å²) in [5, 5.41) is 18.1. The molecule has 0 atom stereocenters. The Bertz CT molecular complexity index is 1560. The SMILES string of the molecule is C/C(C#N)=C/c1cc2oc(-c3sc(-c4cc5sc(/C=C(/C)C#N)cc5o4)c4c3CCCO4)cc2s1. The molecule has 0 unspecified atom stereocenters. The lowest BCUT2D eigenvalue weighted by Gasteiger charge is -2.15. The van der Waals surface area contributed by atoms with E-state index in [1.807, 2.05) is 24.3 Å². The van der Waals surface area contributed by atoms with Gasteiger partial charge in [-0.15, -0.1) is 34.0 Å². The lowest BCUT2D eigenvalue weighted by molar-refractivity contribution is 0.291. The highest BCUT2D eigenvalue weighted by Gasteiger charge is 2.28. The third kappa shape index (κ3) is 3.90. The number of rotatable bonds is 4. The molecule has 5 nitrogen and oxygen atoms in total. The molecule has 0 bridgehead atoms. The van der Waals surface area contributed by atoms with Gasteiger partial charge in [-0.1, -0.05) is 0 Å². The molecule has 0 saturated heterocycles. The number of allylic oxidation sites excluding steroid dienone is 2. The Balaban J connectivity index is 1.40. The standard InChI is InChI=1S/C27H18N2O3S3/c1-14(12-28)6-16-8-19-23(33-16)10-21(31-19)26-18-4-3-5-30-25(18)27(35-26)22-11-24-20(32-22)9-17(34-24)7-15(2)13-29/h6-11H,3-5H2,1-2H3/b14-6-,15-7-. The van der Waals surface area contributed by atoms with Gasteiger partial charge in [0.25, 0.3) is 0 Å². The molecule has 5 aromatic heterocycles. The first-order chi connectivity index (χ1) is 17.0. The zero-order chi connectivity index (χ0) is 24.1. The lowest BCUT2D eigenvalue weighted by atomic mass is 10.1. The number of fused-ring (bicyclic) bond motifs is 3. The number of nitriles is 2. The van der Waals surface area contributed by atoms with Gasteiger partial charge in [0, 0.05) is 38.6 Å². The van der Waals surface area contributed by atoms with E-state index in [4.69, 9.17) is 24.1 Å². The molecular formula is C27H18N2O3S3. The zero-order valence-corrected chi connectivity index (χ0v) is 21.4. The van der Waals surface area contributed by atoms with Crippen LogP contribution in [0.15, 0.2) is 44.2 Å². The van der Waals surface area contributed by atoms with Crippen LogP contribution in [0, 0.1) is 22.7 Å². The van der Waals surface area contributed by atoms with Gasteiger partial charge in [0.15, 0.2) is 0 Å². The Morgan fingerprint density at radius 2 is 1.40 bits per heavy atom. The number of nitrogens with zero attached hydrogens (tertiary/aromatic N) is 2. The number of hydrogen-bond donors (Lipinski definition) is 0. The summed E-state index contributed by atoms with van der Waals surface area (Å²) in [4.78, 5) is 4.08. The monoisotopic (exact) mass is 514 g/mol. The van der Waals surface area contributed by atoms with E-state index >= 15 is 0 Å². The van der Waals surface area contributed by atoms with Crippen LogP contribution in [0.3, 0.4) is 0 Å².